The summed E-state index contributed by atoms with van der Waals surface area (Å²) < 4.78 is 6.14. The molecule has 0 unspecified atom stereocenters. The highest BCUT2D eigenvalue weighted by atomic mass is 16.3. The van der Waals surface area contributed by atoms with Crippen molar-refractivity contribution in [1.82, 2.24) is 9.97 Å². The first-order chi connectivity index (χ1) is 26.8. The minimum Gasteiger partial charge on any atom is -0.436 e. The molecule has 0 saturated heterocycles. The van der Waals surface area contributed by atoms with E-state index in [9.17, 15) is 0 Å². The minimum atomic E-state index is -0.405. The maximum absolute atomic E-state index is 6.14. The first kappa shape index (κ1) is 29.5. The molecule has 3 nitrogen and oxygen atoms in total. The van der Waals surface area contributed by atoms with Crippen molar-refractivity contribution in [2.24, 2.45) is 0 Å². The zero-order valence-electron chi connectivity index (χ0n) is 29.1. The van der Waals surface area contributed by atoms with Gasteiger partial charge in [-0.25, -0.2) is 9.97 Å². The molecule has 0 radical (unpaired) electrons. The first-order valence-corrected chi connectivity index (χ1v) is 18.5. The lowest BCUT2D eigenvalue weighted by atomic mass is 9.70. The molecule has 3 heteroatoms. The Hall–Kier alpha value is -7.10. The monoisotopic (exact) mass is 686 g/mol. The topological polar surface area (TPSA) is 38.9 Å². The fraction of sp³-hybridized carbons (Fsp3) is 0.0196. The van der Waals surface area contributed by atoms with Crippen molar-refractivity contribution < 1.29 is 4.42 Å². The number of pyridine rings is 1. The Bertz CT molecular complexity index is 3110. The number of hydrogen-bond donors (Lipinski definition) is 0. The molecular weight excluding hydrogens is 657 g/mol. The number of nitrogens with zero attached hydrogens (tertiary/aromatic N) is 2. The molecule has 0 aliphatic heterocycles. The van der Waals surface area contributed by atoms with Crippen molar-refractivity contribution in [3.63, 3.8) is 0 Å². The molecule has 0 fully saturated rings. The smallest absolute Gasteiger partial charge is 0.227 e. The second-order valence-electron chi connectivity index (χ2n) is 14.5. The van der Waals surface area contributed by atoms with Gasteiger partial charge in [-0.2, -0.15) is 0 Å². The van der Waals surface area contributed by atoms with Gasteiger partial charge < -0.3 is 4.42 Å². The minimum absolute atomic E-state index is 0.405. The summed E-state index contributed by atoms with van der Waals surface area (Å²) in [6, 6.07) is 65.6. The van der Waals surface area contributed by atoms with Crippen molar-refractivity contribution >= 4 is 32.8 Å². The summed E-state index contributed by atoms with van der Waals surface area (Å²) in [6.45, 7) is 0. The van der Waals surface area contributed by atoms with Crippen molar-refractivity contribution in [3.8, 4) is 56.1 Å². The Morgan fingerprint density at radius 3 is 1.61 bits per heavy atom. The van der Waals surface area contributed by atoms with Crippen LogP contribution in [-0.2, 0) is 5.41 Å². The standard InChI is InChI=1S/C51H30N2O/c1-5-21-42-35(17-1)36-18-2-6-22-43(36)51(42)44-23-7-3-19-37(44)40-29-41-39(30-45(40)51)38-20-4-8-24-46(38)52-49(41)33-15-11-13-31(27-33)32-14-12-16-34(28-32)50-53-47-25-9-10-26-48(47)54-50/h1-30H. The summed E-state index contributed by atoms with van der Waals surface area (Å²) >= 11 is 0. The number of hydrogen-bond acceptors (Lipinski definition) is 3. The molecule has 250 valence electrons. The number of aromatic nitrogens is 2. The maximum atomic E-state index is 6.14. The van der Waals surface area contributed by atoms with E-state index in [1.807, 2.05) is 24.3 Å². The largest absolute Gasteiger partial charge is 0.436 e. The summed E-state index contributed by atoms with van der Waals surface area (Å²) in [5.74, 6) is 0.621. The Balaban J connectivity index is 1.09. The van der Waals surface area contributed by atoms with Crippen LogP contribution in [0.3, 0.4) is 0 Å². The summed E-state index contributed by atoms with van der Waals surface area (Å²) in [7, 11) is 0. The average molecular weight is 687 g/mol. The molecule has 2 aliphatic rings. The molecule has 12 rings (SSSR count). The predicted octanol–water partition coefficient (Wildman–Crippen LogP) is 12.9. The zero-order valence-corrected chi connectivity index (χ0v) is 29.1. The van der Waals surface area contributed by atoms with E-state index in [2.05, 4.69) is 158 Å². The Morgan fingerprint density at radius 1 is 0.352 bits per heavy atom. The van der Waals surface area contributed by atoms with Gasteiger partial charge in [0.15, 0.2) is 5.58 Å². The molecule has 10 aromatic rings. The molecule has 0 saturated carbocycles. The number of benzene rings is 8. The summed E-state index contributed by atoms with van der Waals surface area (Å²) in [5, 5.41) is 3.52. The summed E-state index contributed by atoms with van der Waals surface area (Å²) in [5.41, 5.74) is 18.0. The Kier molecular flexibility index (Phi) is 5.98. The Morgan fingerprint density at radius 2 is 0.907 bits per heavy atom. The summed E-state index contributed by atoms with van der Waals surface area (Å²) in [6.07, 6.45) is 0. The third kappa shape index (κ3) is 3.96. The lowest BCUT2D eigenvalue weighted by Crippen LogP contribution is -2.25. The van der Waals surface area contributed by atoms with E-state index in [1.54, 1.807) is 0 Å². The molecule has 2 aliphatic carbocycles. The van der Waals surface area contributed by atoms with E-state index in [0.29, 0.717) is 5.89 Å². The van der Waals surface area contributed by atoms with Gasteiger partial charge in [0.1, 0.15) is 5.52 Å². The Labute approximate surface area is 311 Å². The summed E-state index contributed by atoms with van der Waals surface area (Å²) in [4.78, 5) is 10.2. The number of fused-ring (bicyclic) bond motifs is 14. The van der Waals surface area contributed by atoms with Crippen LogP contribution in [0.15, 0.2) is 186 Å². The first-order valence-electron chi connectivity index (χ1n) is 18.5. The molecule has 0 bridgehead atoms. The molecule has 2 aromatic heterocycles. The van der Waals surface area contributed by atoms with Crippen LogP contribution >= 0.6 is 0 Å². The van der Waals surface area contributed by atoms with Crippen LogP contribution < -0.4 is 0 Å². The quantitative estimate of drug-likeness (QED) is 0.174. The van der Waals surface area contributed by atoms with Gasteiger partial charge in [0.05, 0.1) is 16.6 Å². The molecule has 8 aromatic carbocycles. The fourth-order valence-electron chi connectivity index (χ4n) is 9.43. The number of oxazole rings is 1. The van der Waals surface area contributed by atoms with Gasteiger partial charge in [0, 0.05) is 21.9 Å². The van der Waals surface area contributed by atoms with E-state index >= 15 is 0 Å². The third-order valence-electron chi connectivity index (χ3n) is 11.7. The second kappa shape index (κ2) is 11.0. The molecule has 0 amide bonds. The predicted molar refractivity (Wildman–Crippen MR) is 219 cm³/mol. The molecular formula is C51H30N2O. The van der Waals surface area contributed by atoms with E-state index in [4.69, 9.17) is 14.4 Å². The van der Waals surface area contributed by atoms with Crippen molar-refractivity contribution in [1.29, 1.82) is 0 Å². The SMILES string of the molecule is c1cc(-c2cccc(-c3nc4ccccc4c4cc5c(cc34)-c3ccccc3C53c4ccccc4-c4ccccc43)c2)cc(-c2nc3ccccc3o2)c1. The van der Waals surface area contributed by atoms with Gasteiger partial charge in [0.25, 0.3) is 0 Å². The van der Waals surface area contributed by atoms with Crippen molar-refractivity contribution in [3.05, 3.63) is 204 Å². The van der Waals surface area contributed by atoms with E-state index in [1.165, 1.54) is 49.9 Å². The van der Waals surface area contributed by atoms with Gasteiger partial charge in [-0.15, -0.1) is 0 Å². The van der Waals surface area contributed by atoms with Gasteiger partial charge in [-0.3, -0.25) is 0 Å². The van der Waals surface area contributed by atoms with Gasteiger partial charge >= 0.3 is 0 Å². The normalized spacial score (nSPS) is 13.3. The van der Waals surface area contributed by atoms with Crippen LogP contribution in [0, 0.1) is 0 Å². The van der Waals surface area contributed by atoms with Crippen LogP contribution in [0.2, 0.25) is 0 Å². The van der Waals surface area contributed by atoms with E-state index in [-0.39, 0.29) is 0 Å². The molecule has 2 heterocycles. The third-order valence-corrected chi connectivity index (χ3v) is 11.7. The van der Waals surface area contributed by atoms with Crippen molar-refractivity contribution in [2.45, 2.75) is 5.41 Å². The van der Waals surface area contributed by atoms with E-state index < -0.39 is 5.41 Å². The number of rotatable bonds is 3. The molecule has 54 heavy (non-hydrogen) atoms. The van der Waals surface area contributed by atoms with Gasteiger partial charge in [-0.1, -0.05) is 133 Å². The van der Waals surface area contributed by atoms with E-state index in [0.717, 1.165) is 55.3 Å². The molecule has 0 N–H and O–H groups in total. The van der Waals surface area contributed by atoms with Crippen LogP contribution in [0.25, 0.3) is 88.9 Å². The van der Waals surface area contributed by atoms with Crippen molar-refractivity contribution in [2.75, 3.05) is 0 Å². The molecule has 1 spiro atoms. The molecule has 0 atom stereocenters. The van der Waals surface area contributed by atoms with Crippen LogP contribution in [0.5, 0.6) is 0 Å². The van der Waals surface area contributed by atoms with Crippen LogP contribution in [0.4, 0.5) is 0 Å². The lowest BCUT2D eigenvalue weighted by molar-refractivity contribution is 0.620. The zero-order chi connectivity index (χ0) is 35.4. The highest BCUT2D eigenvalue weighted by Crippen LogP contribution is 2.63. The van der Waals surface area contributed by atoms with Crippen LogP contribution in [-0.4, -0.2) is 9.97 Å². The highest BCUT2D eigenvalue weighted by Gasteiger charge is 2.51. The van der Waals surface area contributed by atoms with Gasteiger partial charge in [-0.05, 0) is 110 Å². The van der Waals surface area contributed by atoms with Gasteiger partial charge in [0.2, 0.25) is 5.89 Å². The lowest BCUT2D eigenvalue weighted by Gasteiger charge is -2.30. The maximum Gasteiger partial charge on any atom is 0.227 e. The van der Waals surface area contributed by atoms with Crippen LogP contribution in [0.1, 0.15) is 22.3 Å². The fourth-order valence-corrected chi connectivity index (χ4v) is 9.43. The second-order valence-corrected chi connectivity index (χ2v) is 14.5. The highest BCUT2D eigenvalue weighted by molar-refractivity contribution is 6.14. The average Bonchev–Trinajstić information content (AvgIpc) is 3.90. The number of para-hydroxylation sites is 3.